The Balaban J connectivity index is 2.10. The van der Waals surface area contributed by atoms with Crippen LogP contribution >= 0.6 is 0 Å². The molecule has 2 rings (SSSR count). The van der Waals surface area contributed by atoms with Crippen molar-refractivity contribution in [2.45, 2.75) is 44.4 Å². The average Bonchev–Trinajstić information content (AvgIpc) is 3.20. The Morgan fingerprint density at radius 1 is 1.43 bits per heavy atom. The quantitative estimate of drug-likeness (QED) is 0.740. The molecule has 21 heavy (non-hydrogen) atoms. The van der Waals surface area contributed by atoms with Crippen LogP contribution < -0.4 is 0 Å². The predicted octanol–water partition coefficient (Wildman–Crippen LogP) is 0.373. The Bertz CT molecular complexity index is 399. The normalized spacial score (nSPS) is 26.7. The number of carboxylic acid groups (broad SMARTS) is 1. The van der Waals surface area contributed by atoms with E-state index in [1.807, 2.05) is 6.92 Å². The second-order valence-electron chi connectivity index (χ2n) is 5.94. The Labute approximate surface area is 124 Å². The highest BCUT2D eigenvalue weighted by Gasteiger charge is 2.43. The van der Waals surface area contributed by atoms with Gasteiger partial charge in [-0.15, -0.1) is 0 Å². The number of aliphatic hydroxyl groups is 1. The number of carboxylic acids is 1. The van der Waals surface area contributed by atoms with Crippen molar-refractivity contribution in [3.8, 4) is 0 Å². The van der Waals surface area contributed by atoms with E-state index in [0.717, 1.165) is 12.8 Å². The van der Waals surface area contributed by atoms with Crippen molar-refractivity contribution >= 4 is 12.0 Å². The van der Waals surface area contributed by atoms with Gasteiger partial charge in [0.25, 0.3) is 0 Å². The van der Waals surface area contributed by atoms with Crippen molar-refractivity contribution < 1.29 is 24.5 Å². The van der Waals surface area contributed by atoms with Crippen LogP contribution in [0.3, 0.4) is 0 Å². The molecule has 0 aromatic rings. The SMILES string of the molecule is COCCN(C(=O)N1C[C@@H](O)C[C@H]1C(=O)O)C(C)C1CC1. The average molecular weight is 300 g/mol. The van der Waals surface area contributed by atoms with Crippen LogP contribution in [-0.2, 0) is 9.53 Å². The fraction of sp³-hybridized carbons (Fsp3) is 0.857. The summed E-state index contributed by atoms with van der Waals surface area (Å²) in [5.74, 6) is -0.577. The van der Waals surface area contributed by atoms with Crippen molar-refractivity contribution in [2.24, 2.45) is 5.92 Å². The van der Waals surface area contributed by atoms with Gasteiger partial charge < -0.3 is 24.7 Å². The van der Waals surface area contributed by atoms with E-state index in [9.17, 15) is 19.8 Å². The summed E-state index contributed by atoms with van der Waals surface area (Å²) in [5.41, 5.74) is 0. The number of β-amino-alcohol motifs (C(OH)–C–C–N with tert-alkyl or cyclic N) is 1. The second-order valence-corrected chi connectivity index (χ2v) is 5.94. The molecule has 1 saturated carbocycles. The number of aliphatic hydroxyl groups excluding tert-OH is 1. The maximum absolute atomic E-state index is 12.7. The Morgan fingerprint density at radius 2 is 2.10 bits per heavy atom. The highest BCUT2D eigenvalue weighted by Crippen LogP contribution is 2.36. The molecule has 1 aliphatic carbocycles. The number of carbonyl (C=O) groups is 2. The molecule has 1 aliphatic heterocycles. The summed E-state index contributed by atoms with van der Waals surface area (Å²) in [6, 6.07) is -1.18. The van der Waals surface area contributed by atoms with E-state index in [2.05, 4.69) is 0 Å². The molecule has 7 nitrogen and oxygen atoms in total. The molecule has 1 heterocycles. The van der Waals surface area contributed by atoms with Crippen LogP contribution in [0.25, 0.3) is 0 Å². The first-order valence-electron chi connectivity index (χ1n) is 7.42. The lowest BCUT2D eigenvalue weighted by Gasteiger charge is -2.34. The summed E-state index contributed by atoms with van der Waals surface area (Å²) in [7, 11) is 1.57. The number of carbonyl (C=O) groups excluding carboxylic acids is 1. The first-order valence-corrected chi connectivity index (χ1v) is 7.42. The van der Waals surface area contributed by atoms with Gasteiger partial charge in [0, 0.05) is 32.7 Å². The van der Waals surface area contributed by atoms with Crippen molar-refractivity contribution in [1.29, 1.82) is 0 Å². The third-order valence-corrected chi connectivity index (χ3v) is 4.39. The molecule has 0 aromatic carbocycles. The molecule has 0 aromatic heterocycles. The van der Waals surface area contributed by atoms with Gasteiger partial charge in [-0.05, 0) is 25.7 Å². The topological polar surface area (TPSA) is 90.3 Å². The van der Waals surface area contributed by atoms with Crippen LogP contribution in [-0.4, -0.2) is 77.0 Å². The molecule has 1 saturated heterocycles. The minimum atomic E-state index is -1.06. The standard InChI is InChI=1S/C14H24N2O5/c1-9(10-3-4-10)15(5-6-21-2)14(20)16-8-11(17)7-12(16)13(18)19/h9-12,17H,3-8H2,1-2H3,(H,18,19)/t9?,11-,12-/m0/s1. The summed E-state index contributed by atoms with van der Waals surface area (Å²) in [6.07, 6.45) is 1.53. The number of rotatable bonds is 6. The van der Waals surface area contributed by atoms with Gasteiger partial charge in [-0.3, -0.25) is 0 Å². The van der Waals surface area contributed by atoms with Crippen molar-refractivity contribution in [1.82, 2.24) is 9.80 Å². The molecule has 2 fully saturated rings. The molecular weight excluding hydrogens is 276 g/mol. The number of hydrogen-bond donors (Lipinski definition) is 2. The van der Waals surface area contributed by atoms with Crippen molar-refractivity contribution in [3.63, 3.8) is 0 Å². The lowest BCUT2D eigenvalue weighted by atomic mass is 10.2. The number of methoxy groups -OCH3 is 1. The summed E-state index contributed by atoms with van der Waals surface area (Å²) in [6.45, 7) is 2.92. The molecule has 120 valence electrons. The van der Waals surface area contributed by atoms with Gasteiger partial charge in [0.05, 0.1) is 12.7 Å². The molecule has 2 amide bonds. The number of amides is 2. The van der Waals surface area contributed by atoms with E-state index in [0.29, 0.717) is 19.1 Å². The lowest BCUT2D eigenvalue weighted by molar-refractivity contribution is -0.141. The van der Waals surface area contributed by atoms with E-state index in [1.54, 1.807) is 12.0 Å². The summed E-state index contributed by atoms with van der Waals surface area (Å²) in [4.78, 5) is 26.9. The fourth-order valence-electron chi connectivity index (χ4n) is 2.92. The van der Waals surface area contributed by atoms with E-state index in [1.165, 1.54) is 4.90 Å². The van der Waals surface area contributed by atoms with Crippen LogP contribution in [0.5, 0.6) is 0 Å². The molecule has 1 unspecified atom stereocenters. The third-order valence-electron chi connectivity index (χ3n) is 4.39. The van der Waals surface area contributed by atoms with Gasteiger partial charge in [-0.1, -0.05) is 0 Å². The molecule has 7 heteroatoms. The predicted molar refractivity (Wildman–Crippen MR) is 74.9 cm³/mol. The number of aliphatic carboxylic acids is 1. The van der Waals surface area contributed by atoms with Crippen LogP contribution in [0.15, 0.2) is 0 Å². The zero-order valence-corrected chi connectivity index (χ0v) is 12.6. The number of likely N-dealkylation sites (tertiary alicyclic amines) is 1. The maximum Gasteiger partial charge on any atom is 0.326 e. The van der Waals surface area contributed by atoms with E-state index in [4.69, 9.17) is 4.74 Å². The monoisotopic (exact) mass is 300 g/mol. The zero-order chi connectivity index (χ0) is 15.6. The van der Waals surface area contributed by atoms with Gasteiger partial charge in [0.15, 0.2) is 0 Å². The van der Waals surface area contributed by atoms with Crippen LogP contribution in [0, 0.1) is 5.92 Å². The molecule has 2 aliphatic rings. The minimum absolute atomic E-state index is 0.0693. The molecular formula is C14H24N2O5. The number of hydrogen-bond acceptors (Lipinski definition) is 4. The van der Waals surface area contributed by atoms with Gasteiger partial charge in [-0.2, -0.15) is 0 Å². The summed E-state index contributed by atoms with van der Waals surface area (Å²) < 4.78 is 5.05. The van der Waals surface area contributed by atoms with Gasteiger partial charge in [0.2, 0.25) is 0 Å². The number of urea groups is 1. The minimum Gasteiger partial charge on any atom is -0.480 e. The van der Waals surface area contributed by atoms with Crippen molar-refractivity contribution in [2.75, 3.05) is 26.8 Å². The zero-order valence-electron chi connectivity index (χ0n) is 12.6. The molecule has 0 radical (unpaired) electrons. The highest BCUT2D eigenvalue weighted by molar-refractivity contribution is 5.83. The fourth-order valence-corrected chi connectivity index (χ4v) is 2.92. The summed E-state index contributed by atoms with van der Waals surface area (Å²) >= 11 is 0. The van der Waals surface area contributed by atoms with Gasteiger partial charge >= 0.3 is 12.0 Å². The number of ether oxygens (including phenoxy) is 1. The summed E-state index contributed by atoms with van der Waals surface area (Å²) in [5, 5.41) is 18.9. The second kappa shape index (κ2) is 6.62. The van der Waals surface area contributed by atoms with Crippen molar-refractivity contribution in [3.05, 3.63) is 0 Å². The molecule has 2 N–H and O–H groups in total. The lowest BCUT2D eigenvalue weighted by Crippen LogP contribution is -2.52. The first kappa shape index (κ1) is 16.0. The largest absolute Gasteiger partial charge is 0.480 e. The third kappa shape index (κ3) is 3.65. The van der Waals surface area contributed by atoms with Gasteiger partial charge in [-0.25, -0.2) is 9.59 Å². The van der Waals surface area contributed by atoms with Crippen LogP contribution in [0.1, 0.15) is 26.2 Å². The first-order chi connectivity index (χ1) is 9.95. The molecule has 0 spiro atoms. The van der Waals surface area contributed by atoms with Crippen LogP contribution in [0.4, 0.5) is 4.79 Å². The van der Waals surface area contributed by atoms with Crippen LogP contribution in [0.2, 0.25) is 0 Å². The Morgan fingerprint density at radius 3 is 2.62 bits per heavy atom. The molecule has 0 bridgehead atoms. The van der Waals surface area contributed by atoms with E-state index < -0.39 is 18.1 Å². The van der Waals surface area contributed by atoms with E-state index in [-0.39, 0.29) is 25.0 Å². The molecule has 3 atom stereocenters. The van der Waals surface area contributed by atoms with Gasteiger partial charge in [0.1, 0.15) is 6.04 Å². The van der Waals surface area contributed by atoms with E-state index >= 15 is 0 Å². The Kier molecular flexibility index (Phi) is 5.05. The Hall–Kier alpha value is -1.34. The maximum atomic E-state index is 12.7. The number of nitrogens with zero attached hydrogens (tertiary/aromatic N) is 2. The highest BCUT2D eigenvalue weighted by atomic mass is 16.5. The smallest absolute Gasteiger partial charge is 0.326 e.